The van der Waals surface area contributed by atoms with Gasteiger partial charge in [-0.1, -0.05) is 74.9 Å². The van der Waals surface area contributed by atoms with E-state index in [2.05, 4.69) is 71.9 Å². The van der Waals surface area contributed by atoms with Crippen molar-refractivity contribution < 1.29 is 45.2 Å². The predicted molar refractivity (Wildman–Crippen MR) is 255 cm³/mol. The van der Waals surface area contributed by atoms with Crippen molar-refractivity contribution >= 4 is 61.1 Å². The third-order valence-electron chi connectivity index (χ3n) is 13.1. The normalized spacial score (nSPS) is 19.7. The molecule has 1 N–H and O–H groups in total. The average Bonchev–Trinajstić information content (AvgIpc) is 3.77. The van der Waals surface area contributed by atoms with Gasteiger partial charge in [0.05, 0.1) is 15.2 Å². The molecule has 15 heteroatoms. The second-order valence-electron chi connectivity index (χ2n) is 18.4. The molecule has 66 heavy (non-hydrogen) atoms. The van der Waals surface area contributed by atoms with Crippen LogP contribution in [0.3, 0.4) is 0 Å². The van der Waals surface area contributed by atoms with E-state index >= 15 is 0 Å². The molecule has 3 aromatic carbocycles. The number of fused-ring (bicyclic) bond motifs is 2. The zero-order valence-corrected chi connectivity index (χ0v) is 40.3. The predicted octanol–water partition coefficient (Wildman–Crippen LogP) is 8.72. The number of anilines is 1. The Hall–Kier alpha value is -5.74. The van der Waals surface area contributed by atoms with E-state index in [-0.39, 0.29) is 29.1 Å². The second-order valence-corrected chi connectivity index (χ2v) is 22.0. The van der Waals surface area contributed by atoms with Crippen molar-refractivity contribution in [2.75, 3.05) is 32.6 Å². The van der Waals surface area contributed by atoms with Crippen LogP contribution in [-0.2, 0) is 50.2 Å². The molecule has 7 rings (SSSR count). The standard InChI is InChI=1S/C51H58N4O9S2/c1-50(2)41-33-38(65(59,60)52(5)6)23-26-43(41)53(7)45(50)28-21-36-17-14-18-37(40(36)25-20-35-15-10-8-11-16-35)22-29-46-51(3,4)42-34-39(66(61,62)63)24-27-44(42)54(46)32-13-9-12-19-49(58)64-55-47(56)30-31-48(55)57/h8,10-11,15-16,20-29,33-34H,9,12-14,17-19,30-32H2,1-7H3/p+1/b25-20+. The lowest BCUT2D eigenvalue weighted by molar-refractivity contribution is -0.401. The van der Waals surface area contributed by atoms with Gasteiger partial charge in [-0.15, -0.1) is 5.06 Å². The van der Waals surface area contributed by atoms with Crippen LogP contribution in [0.5, 0.6) is 0 Å². The summed E-state index contributed by atoms with van der Waals surface area (Å²) in [6, 6.07) is 20.1. The second kappa shape index (κ2) is 18.9. The molecule has 1 aliphatic carbocycles. The summed E-state index contributed by atoms with van der Waals surface area (Å²) in [5.74, 6) is -1.68. The largest absolute Gasteiger partial charge is 0.344 e. The lowest BCUT2D eigenvalue weighted by Crippen LogP contribution is -2.32. The molecule has 0 aromatic heterocycles. The van der Waals surface area contributed by atoms with Crippen LogP contribution >= 0.6 is 0 Å². The maximum absolute atomic E-state index is 13.1. The topological polar surface area (TPSA) is 162 Å². The van der Waals surface area contributed by atoms with Crippen LogP contribution in [-0.4, -0.2) is 86.5 Å². The number of imide groups is 1. The quantitative estimate of drug-likeness (QED) is 0.0676. The first-order valence-corrected chi connectivity index (χ1v) is 25.2. The Morgan fingerprint density at radius 3 is 2.15 bits per heavy atom. The van der Waals surface area contributed by atoms with E-state index in [0.29, 0.717) is 30.9 Å². The molecule has 1 fully saturated rings. The third-order valence-corrected chi connectivity index (χ3v) is 15.8. The van der Waals surface area contributed by atoms with Crippen molar-refractivity contribution in [3.8, 4) is 0 Å². The Morgan fingerprint density at radius 1 is 0.788 bits per heavy atom. The van der Waals surface area contributed by atoms with Gasteiger partial charge in [0.1, 0.15) is 7.05 Å². The monoisotopic (exact) mass is 935 g/mol. The highest BCUT2D eigenvalue weighted by Crippen LogP contribution is 2.49. The molecule has 0 atom stereocenters. The van der Waals surface area contributed by atoms with Crippen molar-refractivity contribution in [2.45, 2.75) is 106 Å². The van der Waals surface area contributed by atoms with Crippen molar-refractivity contribution in [1.82, 2.24) is 9.37 Å². The summed E-state index contributed by atoms with van der Waals surface area (Å²) in [7, 11) is -3.01. The number of hydrogen-bond acceptors (Lipinski definition) is 9. The molecule has 13 nitrogen and oxygen atoms in total. The van der Waals surface area contributed by atoms with Gasteiger partial charge in [0.25, 0.3) is 21.9 Å². The number of sulfonamides is 1. The highest BCUT2D eigenvalue weighted by atomic mass is 32.2. The molecule has 4 aliphatic rings. The fourth-order valence-electron chi connectivity index (χ4n) is 9.37. The first kappa shape index (κ1) is 48.2. The maximum atomic E-state index is 13.1. The molecular formula is C51H59N4O9S2+. The summed E-state index contributed by atoms with van der Waals surface area (Å²) in [4.78, 5) is 43.6. The molecule has 3 aromatic rings. The molecule has 0 spiro atoms. The van der Waals surface area contributed by atoms with E-state index < -0.39 is 48.8 Å². The molecule has 0 bridgehead atoms. The molecule has 3 heterocycles. The lowest BCUT2D eigenvalue weighted by atomic mass is 9.80. The van der Waals surface area contributed by atoms with Crippen LogP contribution in [0, 0.1) is 0 Å². The van der Waals surface area contributed by atoms with Gasteiger partial charge in [-0.05, 0) is 110 Å². The minimum Gasteiger partial charge on any atom is -0.344 e. The SMILES string of the molecule is CN(C)S(=O)(=O)c1ccc2c(c1)C(C)(C)C(/C=C/C1=C(/C=C/c3ccccc3)C(=C\C=C3/N(CCCCCC(=O)ON4C(=O)CCC4=O)c4ccc(S(=O)(=O)O)cc4C3(C)C)/CCC1)=[N+]2C. The van der Waals surface area contributed by atoms with Crippen molar-refractivity contribution in [3.63, 3.8) is 0 Å². The first-order chi connectivity index (χ1) is 31.1. The van der Waals surface area contributed by atoms with Gasteiger partial charge in [-0.3, -0.25) is 14.1 Å². The summed E-state index contributed by atoms with van der Waals surface area (Å²) < 4.78 is 64.3. The van der Waals surface area contributed by atoms with Gasteiger partial charge >= 0.3 is 5.97 Å². The average molecular weight is 936 g/mol. The van der Waals surface area contributed by atoms with Crippen LogP contribution in [0.15, 0.2) is 129 Å². The van der Waals surface area contributed by atoms with Gasteiger partial charge in [0.15, 0.2) is 5.71 Å². The summed E-state index contributed by atoms with van der Waals surface area (Å²) in [6.07, 6.45) is 17.4. The number of amides is 2. The van der Waals surface area contributed by atoms with E-state index in [1.165, 1.54) is 24.5 Å². The molecule has 0 saturated carbocycles. The van der Waals surface area contributed by atoms with Crippen LogP contribution in [0.4, 0.5) is 11.4 Å². The van der Waals surface area contributed by atoms with Crippen molar-refractivity contribution in [1.29, 1.82) is 0 Å². The van der Waals surface area contributed by atoms with Gasteiger partial charge in [0, 0.05) is 74.4 Å². The molecular weight excluding hydrogens is 877 g/mol. The van der Waals surface area contributed by atoms with E-state index in [9.17, 15) is 35.8 Å². The van der Waals surface area contributed by atoms with Gasteiger partial charge in [-0.25, -0.2) is 17.5 Å². The zero-order valence-electron chi connectivity index (χ0n) is 38.7. The van der Waals surface area contributed by atoms with Crippen LogP contribution in [0.2, 0.25) is 0 Å². The lowest BCUT2D eigenvalue weighted by Gasteiger charge is -2.27. The number of benzene rings is 3. The summed E-state index contributed by atoms with van der Waals surface area (Å²) in [5, 5.41) is 0.563. The minimum atomic E-state index is -4.47. The van der Waals surface area contributed by atoms with Crippen LogP contribution in [0.1, 0.15) is 102 Å². The number of hydrogen-bond donors (Lipinski definition) is 1. The van der Waals surface area contributed by atoms with E-state index in [1.54, 1.807) is 24.3 Å². The Balaban J connectivity index is 1.21. The Kier molecular flexibility index (Phi) is 13.8. The van der Waals surface area contributed by atoms with Crippen molar-refractivity contribution in [3.05, 3.63) is 136 Å². The number of carbonyl (C=O) groups is 3. The third kappa shape index (κ3) is 9.71. The number of allylic oxidation sites excluding steroid dienone is 9. The molecule has 3 aliphatic heterocycles. The fourth-order valence-corrected chi connectivity index (χ4v) is 10.8. The fraction of sp³-hybridized carbons (Fsp3) is 0.373. The summed E-state index contributed by atoms with van der Waals surface area (Å²) >= 11 is 0. The number of rotatable bonds is 15. The zero-order chi connectivity index (χ0) is 47.8. The molecule has 0 radical (unpaired) electrons. The molecule has 348 valence electrons. The van der Waals surface area contributed by atoms with E-state index in [0.717, 1.165) is 75.5 Å². The van der Waals surface area contributed by atoms with Crippen LogP contribution < -0.4 is 4.90 Å². The number of carbonyl (C=O) groups excluding carboxylic acids is 3. The summed E-state index contributed by atoms with van der Waals surface area (Å²) in [6.45, 7) is 8.86. The Morgan fingerprint density at radius 2 is 1.47 bits per heavy atom. The Bertz CT molecular complexity index is 2870. The number of unbranched alkanes of at least 4 members (excludes halogenated alkanes) is 2. The highest BCUT2D eigenvalue weighted by molar-refractivity contribution is 7.89. The first-order valence-electron chi connectivity index (χ1n) is 22.3. The molecule has 1 saturated heterocycles. The van der Waals surface area contributed by atoms with E-state index in [4.69, 9.17) is 4.84 Å². The molecule has 2 amide bonds. The number of hydroxylamine groups is 2. The molecule has 0 unspecified atom stereocenters. The van der Waals surface area contributed by atoms with Gasteiger partial charge in [-0.2, -0.15) is 13.0 Å². The smallest absolute Gasteiger partial charge is 0.333 e. The Labute approximate surface area is 388 Å². The summed E-state index contributed by atoms with van der Waals surface area (Å²) in [5.41, 5.74) is 8.72. The maximum Gasteiger partial charge on any atom is 0.333 e. The van der Waals surface area contributed by atoms with Gasteiger partial charge < -0.3 is 9.74 Å². The van der Waals surface area contributed by atoms with Crippen molar-refractivity contribution in [2.24, 2.45) is 0 Å². The van der Waals surface area contributed by atoms with Gasteiger partial charge in [0.2, 0.25) is 15.7 Å². The van der Waals surface area contributed by atoms with Crippen LogP contribution in [0.25, 0.3) is 6.08 Å². The minimum absolute atomic E-state index is 0.0285. The van der Waals surface area contributed by atoms with E-state index in [1.807, 2.05) is 45.2 Å². The highest BCUT2D eigenvalue weighted by Gasteiger charge is 2.44. The number of nitrogens with zero attached hydrogens (tertiary/aromatic N) is 4.